The lowest BCUT2D eigenvalue weighted by atomic mass is 9.94. The van der Waals surface area contributed by atoms with E-state index in [-0.39, 0.29) is 36.4 Å². The molecule has 0 spiro atoms. The molecule has 10 atom stereocenters. The molecule has 5 aromatic rings. The molecule has 8 rings (SSSR count). The van der Waals surface area contributed by atoms with E-state index in [1.807, 2.05) is 48.5 Å². The molecule has 5 aromatic carbocycles. The van der Waals surface area contributed by atoms with Crippen LogP contribution in [0.15, 0.2) is 152 Å². The first kappa shape index (κ1) is 47.8. The van der Waals surface area contributed by atoms with E-state index in [1.54, 1.807) is 91.0 Å². The number of methoxy groups -OCH3 is 1. The highest BCUT2D eigenvalue weighted by Crippen LogP contribution is 2.40. The van der Waals surface area contributed by atoms with Gasteiger partial charge in [-0.3, -0.25) is 9.69 Å². The molecule has 354 valence electrons. The van der Waals surface area contributed by atoms with E-state index >= 15 is 0 Å². The molecule has 0 saturated carbocycles. The van der Waals surface area contributed by atoms with Crippen LogP contribution in [-0.2, 0) is 65.3 Å². The minimum absolute atomic E-state index is 0.00975. The molecule has 0 aliphatic carbocycles. The molecule has 0 radical (unpaired) electrons. The van der Waals surface area contributed by atoms with Crippen molar-refractivity contribution in [2.24, 2.45) is 0 Å². The molecule has 0 N–H and O–H groups in total. The largest absolute Gasteiger partial charge is 0.459 e. The number of ether oxygens (including phenoxy) is 10. The first-order chi connectivity index (χ1) is 33.2. The van der Waals surface area contributed by atoms with Gasteiger partial charge in [0.2, 0.25) is 0 Å². The predicted molar refractivity (Wildman–Crippen MR) is 240 cm³/mol. The monoisotopic (exact) mass is 949 g/mol. The third-order valence-corrected chi connectivity index (χ3v) is 11.6. The first-order valence-corrected chi connectivity index (χ1v) is 22.4. The molecule has 0 bridgehead atoms. The van der Waals surface area contributed by atoms with Crippen LogP contribution in [0.3, 0.4) is 0 Å². The average Bonchev–Trinajstić information content (AvgIpc) is 3.71. The van der Waals surface area contributed by atoms with Gasteiger partial charge in [-0.1, -0.05) is 115 Å². The fourth-order valence-electron chi connectivity index (χ4n) is 8.18. The quantitative estimate of drug-likeness (QED) is 0.0525. The Morgan fingerprint density at radius 3 is 1.63 bits per heavy atom. The van der Waals surface area contributed by atoms with E-state index in [2.05, 4.69) is 0 Å². The zero-order valence-corrected chi connectivity index (χ0v) is 37.4. The molecule has 0 unspecified atom stereocenters. The van der Waals surface area contributed by atoms with Crippen LogP contribution in [0.2, 0.25) is 0 Å². The zero-order chi connectivity index (χ0) is 47.4. The molecule has 3 heterocycles. The number of amides is 1. The average molecular weight is 950 g/mol. The van der Waals surface area contributed by atoms with Crippen LogP contribution in [0.5, 0.6) is 0 Å². The summed E-state index contributed by atoms with van der Waals surface area (Å²) < 4.78 is 62.3. The fraction of sp³-hybridized carbons (Fsp3) is 0.314. The Hall–Kier alpha value is -6.66. The van der Waals surface area contributed by atoms with Crippen molar-refractivity contribution in [3.05, 3.63) is 179 Å². The SMILES string of the molecule is CO[C@H]1O[C@H](COC(=O)c2ccccc2)[C@@H](O[C@H]2O[C@H](COCc3ccccc3)[C@@H](OC(=O)CCl)[C@@H]3OC(=O)N(Cc4ccccc4)[C@@H]23)[C@H](OC(=O)c2ccccc2)[C@H]1OC(=O)c1ccccc1. The molecule has 3 fully saturated rings. The normalized spacial score (nSPS) is 25.3. The predicted octanol–water partition coefficient (Wildman–Crippen LogP) is 6.53. The van der Waals surface area contributed by atoms with Gasteiger partial charge in [0.25, 0.3) is 0 Å². The highest BCUT2D eigenvalue weighted by atomic mass is 35.5. The van der Waals surface area contributed by atoms with Gasteiger partial charge in [0.15, 0.2) is 37.0 Å². The van der Waals surface area contributed by atoms with Crippen molar-refractivity contribution in [1.29, 1.82) is 0 Å². The molecule has 68 heavy (non-hydrogen) atoms. The lowest BCUT2D eigenvalue weighted by Crippen LogP contribution is -2.67. The van der Waals surface area contributed by atoms with Gasteiger partial charge in [0.05, 0.1) is 29.9 Å². The highest BCUT2D eigenvalue weighted by Gasteiger charge is 2.61. The number of carbonyl (C=O) groups is 5. The maximum atomic E-state index is 14.2. The molecular weight excluding hydrogens is 902 g/mol. The highest BCUT2D eigenvalue weighted by molar-refractivity contribution is 6.26. The zero-order valence-electron chi connectivity index (χ0n) is 36.7. The van der Waals surface area contributed by atoms with Crippen molar-refractivity contribution in [3.8, 4) is 0 Å². The minimum atomic E-state index is -1.59. The van der Waals surface area contributed by atoms with Gasteiger partial charge in [-0.15, -0.1) is 11.6 Å². The van der Waals surface area contributed by atoms with Gasteiger partial charge in [-0.2, -0.15) is 0 Å². The van der Waals surface area contributed by atoms with Gasteiger partial charge in [-0.05, 0) is 47.5 Å². The molecule has 3 aliphatic rings. The molecule has 1 amide bonds. The standard InChI is InChI=1S/C51H48ClNO15/c1-59-50-45(66-48(57)36-25-15-6-16-26-36)44(65-47(56)35-23-13-5-14-24-35)42(38(63-50)31-61-46(55)34-21-11-4-12-22-34)67-49-40-43(68-51(58)53(40)28-32-17-7-2-8-18-32)41(64-39(54)27-52)37(62-49)30-60-29-33-19-9-3-10-20-33/h2-26,37-38,40-45,49-50H,27-31H2,1H3/t37-,38-,40-,41-,42-,43-,44+,45-,49-,50+/m1/s1. The number of carbonyl (C=O) groups excluding carboxylic acids is 5. The van der Waals surface area contributed by atoms with E-state index in [4.69, 9.17) is 59.0 Å². The number of esters is 4. The summed E-state index contributed by atoms with van der Waals surface area (Å²) in [5, 5.41) is 0. The summed E-state index contributed by atoms with van der Waals surface area (Å²) in [4.78, 5) is 70.0. The van der Waals surface area contributed by atoms with Crippen LogP contribution in [-0.4, -0.2) is 122 Å². The Morgan fingerprint density at radius 1 is 0.574 bits per heavy atom. The van der Waals surface area contributed by atoms with Crippen LogP contribution in [0, 0.1) is 0 Å². The second kappa shape index (κ2) is 22.9. The summed E-state index contributed by atoms with van der Waals surface area (Å²) in [6, 6.07) is 41.6. The first-order valence-electron chi connectivity index (χ1n) is 21.8. The number of nitrogens with zero attached hydrogens (tertiary/aromatic N) is 1. The maximum Gasteiger partial charge on any atom is 0.411 e. The Balaban J connectivity index is 1.21. The van der Waals surface area contributed by atoms with Crippen LogP contribution in [0.4, 0.5) is 4.79 Å². The molecule has 0 aromatic heterocycles. The summed E-state index contributed by atoms with van der Waals surface area (Å²) in [6.07, 6.45) is -13.4. The van der Waals surface area contributed by atoms with Crippen molar-refractivity contribution in [1.82, 2.24) is 4.90 Å². The molecule has 16 nitrogen and oxygen atoms in total. The Labute approximate surface area is 396 Å². The molecule has 3 saturated heterocycles. The number of hydrogen-bond acceptors (Lipinski definition) is 15. The summed E-state index contributed by atoms with van der Waals surface area (Å²) >= 11 is 5.96. The van der Waals surface area contributed by atoms with Gasteiger partial charge < -0.3 is 47.4 Å². The Morgan fingerprint density at radius 2 is 1.07 bits per heavy atom. The van der Waals surface area contributed by atoms with Crippen molar-refractivity contribution in [2.45, 2.75) is 74.5 Å². The smallest absolute Gasteiger partial charge is 0.411 e. The third kappa shape index (κ3) is 11.5. The number of rotatable bonds is 18. The second-order valence-corrected chi connectivity index (χ2v) is 16.2. The molecular formula is C51H48ClNO15. The maximum absolute atomic E-state index is 14.2. The molecule has 17 heteroatoms. The van der Waals surface area contributed by atoms with E-state index in [0.717, 1.165) is 5.56 Å². The van der Waals surface area contributed by atoms with E-state index in [0.29, 0.717) is 5.56 Å². The number of benzene rings is 5. The summed E-state index contributed by atoms with van der Waals surface area (Å²) in [7, 11) is 1.30. The Bertz CT molecular complexity index is 2450. The minimum Gasteiger partial charge on any atom is -0.459 e. The number of hydrogen-bond donors (Lipinski definition) is 0. The lowest BCUT2D eigenvalue weighted by Gasteiger charge is -2.48. The van der Waals surface area contributed by atoms with Gasteiger partial charge >= 0.3 is 30.0 Å². The lowest BCUT2D eigenvalue weighted by molar-refractivity contribution is -0.343. The topological polar surface area (TPSA) is 181 Å². The number of fused-ring (bicyclic) bond motifs is 1. The van der Waals surface area contributed by atoms with E-state index < -0.39 is 104 Å². The van der Waals surface area contributed by atoms with Crippen molar-refractivity contribution >= 4 is 41.6 Å². The summed E-state index contributed by atoms with van der Waals surface area (Å²) in [6.45, 7) is -0.597. The van der Waals surface area contributed by atoms with Crippen molar-refractivity contribution in [3.63, 3.8) is 0 Å². The van der Waals surface area contributed by atoms with Crippen LogP contribution in [0.25, 0.3) is 0 Å². The van der Waals surface area contributed by atoms with Crippen LogP contribution < -0.4 is 0 Å². The fourth-order valence-corrected chi connectivity index (χ4v) is 8.24. The molecule has 3 aliphatic heterocycles. The van der Waals surface area contributed by atoms with Gasteiger partial charge in [0, 0.05) is 13.7 Å². The van der Waals surface area contributed by atoms with Crippen molar-refractivity contribution < 1.29 is 71.3 Å². The number of alkyl halides is 1. The second-order valence-electron chi connectivity index (χ2n) is 15.9. The van der Waals surface area contributed by atoms with Crippen LogP contribution in [0.1, 0.15) is 42.2 Å². The summed E-state index contributed by atoms with van der Waals surface area (Å²) in [5.41, 5.74) is 2.09. The summed E-state index contributed by atoms with van der Waals surface area (Å²) in [5.74, 6) is -3.70. The van der Waals surface area contributed by atoms with Crippen molar-refractivity contribution in [2.75, 3.05) is 26.2 Å². The van der Waals surface area contributed by atoms with E-state index in [9.17, 15) is 24.0 Å². The van der Waals surface area contributed by atoms with Gasteiger partial charge in [0.1, 0.15) is 36.8 Å². The number of halogens is 1. The Kier molecular flexibility index (Phi) is 16.1. The van der Waals surface area contributed by atoms with Crippen LogP contribution >= 0.6 is 11.6 Å². The van der Waals surface area contributed by atoms with Gasteiger partial charge in [-0.25, -0.2) is 19.2 Å². The van der Waals surface area contributed by atoms with E-state index in [1.165, 1.54) is 24.1 Å². The third-order valence-electron chi connectivity index (χ3n) is 11.4.